The van der Waals surface area contributed by atoms with Crippen molar-refractivity contribution >= 4 is 45.0 Å². The summed E-state index contributed by atoms with van der Waals surface area (Å²) in [4.78, 5) is 22.1. The molecule has 0 aliphatic carbocycles. The lowest BCUT2D eigenvalue weighted by molar-refractivity contribution is -0.113. The molecule has 0 atom stereocenters. The van der Waals surface area contributed by atoms with Gasteiger partial charge < -0.3 is 5.32 Å². The van der Waals surface area contributed by atoms with Crippen molar-refractivity contribution in [2.45, 2.75) is 18.9 Å². The first-order chi connectivity index (χ1) is 14.5. The molecule has 0 radical (unpaired) electrons. The number of fused-ring (bicyclic) bond motifs is 1. The molecule has 0 fully saturated rings. The fourth-order valence-electron chi connectivity index (χ4n) is 3.18. The summed E-state index contributed by atoms with van der Waals surface area (Å²) in [5.41, 5.74) is 2.39. The first kappa shape index (κ1) is 20.1. The normalized spacial score (nSPS) is 10.9. The second kappa shape index (κ2) is 8.26. The van der Waals surface area contributed by atoms with Crippen LogP contribution >= 0.6 is 23.1 Å². The van der Waals surface area contributed by atoms with Gasteiger partial charge in [-0.05, 0) is 49.1 Å². The number of halogens is 1. The van der Waals surface area contributed by atoms with E-state index in [1.165, 1.54) is 41.6 Å². The molecule has 3 heterocycles. The van der Waals surface area contributed by atoms with Crippen LogP contribution in [0.2, 0.25) is 0 Å². The summed E-state index contributed by atoms with van der Waals surface area (Å²) >= 11 is 2.82. The molecule has 0 spiro atoms. The minimum Gasteiger partial charge on any atom is -0.310 e. The molecule has 150 valence electrons. The highest BCUT2D eigenvalue weighted by Gasteiger charge is 2.21. The second-order valence-electron chi connectivity index (χ2n) is 6.52. The molecular formula is C21H16FN5OS2. The smallest absolute Gasteiger partial charge is 0.235 e. The van der Waals surface area contributed by atoms with Crippen molar-refractivity contribution in [2.24, 2.45) is 0 Å². The van der Waals surface area contributed by atoms with E-state index in [0.29, 0.717) is 17.1 Å². The quantitative estimate of drug-likeness (QED) is 0.357. The van der Waals surface area contributed by atoms with Crippen LogP contribution in [0.5, 0.6) is 0 Å². The van der Waals surface area contributed by atoms with Crippen molar-refractivity contribution in [1.82, 2.24) is 14.5 Å². The Kier molecular flexibility index (Phi) is 5.53. The molecule has 0 saturated heterocycles. The van der Waals surface area contributed by atoms with E-state index in [2.05, 4.69) is 21.4 Å². The van der Waals surface area contributed by atoms with Gasteiger partial charge in [0.1, 0.15) is 33.9 Å². The predicted octanol–water partition coefficient (Wildman–Crippen LogP) is 4.84. The summed E-state index contributed by atoms with van der Waals surface area (Å²) in [6.45, 7) is 3.64. The van der Waals surface area contributed by atoms with Crippen LogP contribution in [-0.2, 0) is 4.79 Å². The number of rotatable bonds is 5. The molecule has 3 aromatic heterocycles. The number of nitrogens with one attached hydrogen (secondary N) is 1. The molecule has 0 saturated carbocycles. The first-order valence-corrected chi connectivity index (χ1v) is 10.8. The fraction of sp³-hybridized carbons (Fsp3) is 0.143. The zero-order valence-electron chi connectivity index (χ0n) is 16.1. The second-order valence-corrected chi connectivity index (χ2v) is 8.37. The van der Waals surface area contributed by atoms with Gasteiger partial charge >= 0.3 is 0 Å². The van der Waals surface area contributed by atoms with Crippen molar-refractivity contribution in [2.75, 3.05) is 11.1 Å². The zero-order chi connectivity index (χ0) is 21.3. The minimum atomic E-state index is -0.395. The topological polar surface area (TPSA) is 83.6 Å². The van der Waals surface area contributed by atoms with Gasteiger partial charge in [-0.25, -0.2) is 14.4 Å². The Labute approximate surface area is 180 Å². The van der Waals surface area contributed by atoms with Crippen molar-refractivity contribution in [1.29, 1.82) is 5.26 Å². The molecular weight excluding hydrogens is 421 g/mol. The molecule has 4 rings (SSSR count). The van der Waals surface area contributed by atoms with Crippen molar-refractivity contribution in [3.05, 3.63) is 64.7 Å². The molecule has 9 heteroatoms. The average molecular weight is 438 g/mol. The third-order valence-corrected chi connectivity index (χ3v) is 6.54. The van der Waals surface area contributed by atoms with Crippen molar-refractivity contribution in [3.8, 4) is 11.8 Å². The number of nitriles is 1. The number of thioether (sulfide) groups is 1. The Balaban J connectivity index is 1.62. The minimum absolute atomic E-state index is 0.110. The third-order valence-electron chi connectivity index (χ3n) is 4.71. The number of carbonyl (C=O) groups excluding carboxylic acids is 1. The summed E-state index contributed by atoms with van der Waals surface area (Å²) in [5, 5.41) is 16.1. The Hall–Kier alpha value is -3.22. The van der Waals surface area contributed by atoms with E-state index in [-0.39, 0.29) is 11.7 Å². The van der Waals surface area contributed by atoms with Gasteiger partial charge in [0.15, 0.2) is 0 Å². The van der Waals surface area contributed by atoms with Gasteiger partial charge in [-0.3, -0.25) is 9.36 Å². The molecule has 0 aliphatic rings. The largest absolute Gasteiger partial charge is 0.310 e. The Morgan fingerprint density at radius 3 is 2.93 bits per heavy atom. The zero-order valence-corrected chi connectivity index (χ0v) is 17.8. The standard InChI is InChI=1S/C21H16FN5OS2/c1-12-13(2)27(15-5-3-4-14(22)8-15)19(17(12)9-23)26-18(28)10-30-21-16-6-7-29-20(16)24-11-25-21/h3-8,11H,10H2,1-2H3,(H,26,28). The maximum absolute atomic E-state index is 13.8. The summed E-state index contributed by atoms with van der Waals surface area (Å²) in [6, 6.07) is 10.1. The maximum atomic E-state index is 13.8. The van der Waals surface area contributed by atoms with E-state index in [1.807, 2.05) is 25.3 Å². The number of amides is 1. The molecule has 6 nitrogen and oxygen atoms in total. The van der Waals surface area contributed by atoms with Gasteiger partial charge in [-0.15, -0.1) is 11.3 Å². The lowest BCUT2D eigenvalue weighted by atomic mass is 10.2. The lowest BCUT2D eigenvalue weighted by Crippen LogP contribution is -2.18. The summed E-state index contributed by atoms with van der Waals surface area (Å²) in [6.07, 6.45) is 1.48. The highest BCUT2D eigenvalue weighted by Crippen LogP contribution is 2.31. The summed E-state index contributed by atoms with van der Waals surface area (Å²) in [5.74, 6) is -0.229. The van der Waals surface area contributed by atoms with E-state index in [1.54, 1.807) is 16.7 Å². The molecule has 30 heavy (non-hydrogen) atoms. The molecule has 1 N–H and O–H groups in total. The van der Waals surface area contributed by atoms with Gasteiger partial charge in [-0.1, -0.05) is 17.8 Å². The number of carbonyl (C=O) groups is 1. The van der Waals surface area contributed by atoms with Crippen LogP contribution in [0.15, 0.2) is 47.1 Å². The van der Waals surface area contributed by atoms with E-state index >= 15 is 0 Å². The lowest BCUT2D eigenvalue weighted by Gasteiger charge is -2.13. The number of thiophene rings is 1. The van der Waals surface area contributed by atoms with Gasteiger partial charge in [0, 0.05) is 11.1 Å². The van der Waals surface area contributed by atoms with Crippen LogP contribution in [0.3, 0.4) is 0 Å². The van der Waals surface area contributed by atoms with E-state index in [0.717, 1.165) is 26.5 Å². The van der Waals surface area contributed by atoms with Crippen LogP contribution < -0.4 is 5.32 Å². The number of anilines is 1. The van der Waals surface area contributed by atoms with E-state index < -0.39 is 5.82 Å². The van der Waals surface area contributed by atoms with Crippen LogP contribution in [0.4, 0.5) is 10.2 Å². The van der Waals surface area contributed by atoms with Gasteiger partial charge in [0.25, 0.3) is 0 Å². The number of hydrogen-bond donors (Lipinski definition) is 1. The summed E-state index contributed by atoms with van der Waals surface area (Å²) < 4.78 is 15.5. The van der Waals surface area contributed by atoms with E-state index in [4.69, 9.17) is 0 Å². The monoisotopic (exact) mass is 437 g/mol. The van der Waals surface area contributed by atoms with Gasteiger partial charge in [0.2, 0.25) is 5.91 Å². The highest BCUT2D eigenvalue weighted by atomic mass is 32.2. The van der Waals surface area contributed by atoms with E-state index in [9.17, 15) is 14.4 Å². The number of nitrogens with zero attached hydrogens (tertiary/aromatic N) is 4. The molecule has 1 amide bonds. The van der Waals surface area contributed by atoms with Crippen LogP contribution in [0, 0.1) is 31.0 Å². The number of hydrogen-bond acceptors (Lipinski definition) is 6. The third kappa shape index (κ3) is 3.67. The maximum Gasteiger partial charge on any atom is 0.235 e. The van der Waals surface area contributed by atoms with Crippen LogP contribution in [0.25, 0.3) is 15.9 Å². The predicted molar refractivity (Wildman–Crippen MR) is 117 cm³/mol. The number of benzene rings is 1. The van der Waals surface area contributed by atoms with Crippen LogP contribution in [0.1, 0.15) is 16.8 Å². The molecule has 0 unspecified atom stereocenters. The molecule has 1 aromatic carbocycles. The average Bonchev–Trinajstić information content (AvgIpc) is 3.30. The highest BCUT2D eigenvalue weighted by molar-refractivity contribution is 8.00. The molecule has 0 aliphatic heterocycles. The molecule has 0 bridgehead atoms. The fourth-order valence-corrected chi connectivity index (χ4v) is 4.76. The number of aromatic nitrogens is 3. The SMILES string of the molecule is Cc1c(C#N)c(NC(=O)CSc2ncnc3sccc23)n(-c2cccc(F)c2)c1C. The van der Waals surface area contributed by atoms with Gasteiger partial charge in [-0.2, -0.15) is 5.26 Å². The van der Waals surface area contributed by atoms with Crippen LogP contribution in [-0.4, -0.2) is 26.2 Å². The molecule has 4 aromatic rings. The Morgan fingerprint density at radius 1 is 1.33 bits per heavy atom. The first-order valence-electron chi connectivity index (χ1n) is 8.98. The van der Waals surface area contributed by atoms with Crippen molar-refractivity contribution in [3.63, 3.8) is 0 Å². The van der Waals surface area contributed by atoms with Gasteiger partial charge in [0.05, 0.1) is 17.0 Å². The summed E-state index contributed by atoms with van der Waals surface area (Å²) in [7, 11) is 0. The Morgan fingerprint density at radius 2 is 2.17 bits per heavy atom. The Bertz CT molecular complexity index is 1300. The van der Waals surface area contributed by atoms with Crippen molar-refractivity contribution < 1.29 is 9.18 Å².